The summed E-state index contributed by atoms with van der Waals surface area (Å²) in [5.74, 6) is 0.478. The monoisotopic (exact) mass is 481 g/mol. The lowest BCUT2D eigenvalue weighted by Crippen LogP contribution is -2.47. The fraction of sp³-hybridized carbons (Fsp3) is 0.233. The number of hydrogen-bond donors (Lipinski definition) is 0. The molecule has 0 bridgehead atoms. The molecular formula is C30H32FN5. The number of allylic oxidation sites excluding steroid dienone is 2. The Balaban J connectivity index is 1.54. The minimum Gasteiger partial charge on any atom is -0.368 e. The lowest BCUT2D eigenvalue weighted by atomic mass is 9.99. The summed E-state index contributed by atoms with van der Waals surface area (Å²) in [6, 6.07) is 16.8. The summed E-state index contributed by atoms with van der Waals surface area (Å²) >= 11 is 0. The third-order valence-electron chi connectivity index (χ3n) is 6.45. The molecule has 1 saturated heterocycles. The average Bonchev–Trinajstić information content (AvgIpc) is 2.91. The van der Waals surface area contributed by atoms with E-state index in [2.05, 4.69) is 51.6 Å². The first-order chi connectivity index (χ1) is 17.5. The van der Waals surface area contributed by atoms with Crippen molar-refractivity contribution in [1.29, 1.82) is 0 Å². The molecule has 0 unspecified atom stereocenters. The Bertz CT molecular complexity index is 1290. The fourth-order valence-electron chi connectivity index (χ4n) is 4.45. The number of hydrogen-bond acceptors (Lipinski definition) is 5. The Morgan fingerprint density at radius 3 is 2.28 bits per heavy atom. The summed E-state index contributed by atoms with van der Waals surface area (Å²) in [6.45, 7) is 14.1. The number of anilines is 1. The predicted molar refractivity (Wildman–Crippen MR) is 146 cm³/mol. The summed E-state index contributed by atoms with van der Waals surface area (Å²) in [4.78, 5) is 15.2. The van der Waals surface area contributed by atoms with Crippen molar-refractivity contribution < 1.29 is 4.39 Å². The third-order valence-corrected chi connectivity index (χ3v) is 6.45. The third kappa shape index (κ3) is 5.73. The molecule has 0 amide bonds. The van der Waals surface area contributed by atoms with E-state index in [0.717, 1.165) is 60.2 Å². The van der Waals surface area contributed by atoms with Gasteiger partial charge in [-0.25, -0.2) is 14.4 Å². The summed E-state index contributed by atoms with van der Waals surface area (Å²) in [7, 11) is 1.97. The van der Waals surface area contributed by atoms with Gasteiger partial charge in [-0.3, -0.25) is 0 Å². The minimum absolute atomic E-state index is 0.270. The largest absolute Gasteiger partial charge is 0.368 e. The highest BCUT2D eigenvalue weighted by molar-refractivity contribution is 5.83. The minimum atomic E-state index is -0.270. The van der Waals surface area contributed by atoms with Gasteiger partial charge in [0.25, 0.3) is 0 Å². The summed E-state index contributed by atoms with van der Waals surface area (Å²) in [6.07, 6.45) is 5.49. The molecule has 0 N–H and O–H groups in total. The van der Waals surface area contributed by atoms with Crippen molar-refractivity contribution >= 4 is 17.2 Å². The van der Waals surface area contributed by atoms with Gasteiger partial charge in [-0.2, -0.15) is 0 Å². The van der Waals surface area contributed by atoms with Gasteiger partial charge in [-0.15, -0.1) is 5.73 Å². The molecule has 3 aromatic rings. The second-order valence-electron chi connectivity index (χ2n) is 8.85. The van der Waals surface area contributed by atoms with E-state index >= 15 is 0 Å². The highest BCUT2D eigenvalue weighted by Crippen LogP contribution is 2.28. The molecule has 4 rings (SSSR count). The molecule has 0 atom stereocenters. The van der Waals surface area contributed by atoms with Crippen molar-refractivity contribution in [1.82, 2.24) is 19.8 Å². The van der Waals surface area contributed by atoms with E-state index in [9.17, 15) is 4.39 Å². The predicted octanol–water partition coefficient (Wildman–Crippen LogP) is 5.40. The van der Waals surface area contributed by atoms with Gasteiger partial charge in [0.15, 0.2) is 0 Å². The first kappa shape index (κ1) is 25.0. The van der Waals surface area contributed by atoms with Crippen molar-refractivity contribution in [2.24, 2.45) is 0 Å². The normalized spacial score (nSPS) is 13.8. The van der Waals surface area contributed by atoms with Gasteiger partial charge in [0.1, 0.15) is 5.82 Å². The van der Waals surface area contributed by atoms with Crippen LogP contribution in [0.15, 0.2) is 97.7 Å². The van der Waals surface area contributed by atoms with Crippen LogP contribution in [0.3, 0.4) is 0 Å². The molecule has 1 fully saturated rings. The number of rotatable bonds is 8. The van der Waals surface area contributed by atoms with Crippen LogP contribution in [0.1, 0.15) is 16.7 Å². The molecule has 2 aromatic carbocycles. The van der Waals surface area contributed by atoms with Gasteiger partial charge in [-0.05, 0) is 47.9 Å². The van der Waals surface area contributed by atoms with Crippen molar-refractivity contribution in [3.63, 3.8) is 0 Å². The number of likely N-dealkylation sites (N-methyl/N-ethyl adjacent to an activating group) is 1. The Morgan fingerprint density at radius 2 is 1.64 bits per heavy atom. The SMILES string of the molecule is C=C=C(CN(C)/C(=C\C(=C)c1ccccc1C)c1ccccc1F)N1CCN(c2ncccn2)CC1. The van der Waals surface area contributed by atoms with Crippen LogP contribution in [0, 0.1) is 12.7 Å². The summed E-state index contributed by atoms with van der Waals surface area (Å²) in [5.41, 5.74) is 8.38. The molecule has 2 heterocycles. The Morgan fingerprint density at radius 1 is 1.00 bits per heavy atom. The quantitative estimate of drug-likeness (QED) is 0.318. The number of halogens is 1. The van der Waals surface area contributed by atoms with Gasteiger partial charge in [0, 0.05) is 56.9 Å². The second-order valence-corrected chi connectivity index (χ2v) is 8.85. The molecule has 1 aromatic heterocycles. The van der Waals surface area contributed by atoms with Gasteiger partial charge in [0.05, 0.1) is 12.2 Å². The van der Waals surface area contributed by atoms with E-state index in [0.29, 0.717) is 12.1 Å². The Kier molecular flexibility index (Phi) is 7.99. The van der Waals surface area contributed by atoms with Crippen LogP contribution in [0.4, 0.5) is 10.3 Å². The van der Waals surface area contributed by atoms with Crippen LogP contribution in [0.2, 0.25) is 0 Å². The molecule has 0 radical (unpaired) electrons. The van der Waals surface area contributed by atoms with E-state index in [1.165, 1.54) is 6.07 Å². The fourth-order valence-corrected chi connectivity index (χ4v) is 4.45. The molecule has 184 valence electrons. The lowest BCUT2D eigenvalue weighted by Gasteiger charge is -2.38. The number of aryl methyl sites for hydroxylation is 1. The van der Waals surface area contributed by atoms with Crippen LogP contribution < -0.4 is 4.90 Å². The smallest absolute Gasteiger partial charge is 0.225 e. The maximum atomic E-state index is 15.0. The van der Waals surface area contributed by atoms with Crippen molar-refractivity contribution in [3.8, 4) is 0 Å². The zero-order valence-corrected chi connectivity index (χ0v) is 21.0. The van der Waals surface area contributed by atoms with Gasteiger partial charge in [-0.1, -0.05) is 49.6 Å². The maximum Gasteiger partial charge on any atom is 0.225 e. The van der Waals surface area contributed by atoms with Crippen LogP contribution in [0.25, 0.3) is 11.3 Å². The number of piperazine rings is 1. The van der Waals surface area contributed by atoms with E-state index < -0.39 is 0 Å². The van der Waals surface area contributed by atoms with Crippen molar-refractivity contribution in [2.45, 2.75) is 6.92 Å². The Labute approximate surface area is 213 Å². The molecule has 1 aliphatic rings. The maximum absolute atomic E-state index is 15.0. The second kappa shape index (κ2) is 11.5. The Hall–Kier alpha value is -4.15. The van der Waals surface area contributed by atoms with Crippen LogP contribution in [-0.2, 0) is 0 Å². The lowest BCUT2D eigenvalue weighted by molar-refractivity contribution is 0.296. The van der Waals surface area contributed by atoms with Crippen molar-refractivity contribution in [3.05, 3.63) is 120 Å². The van der Waals surface area contributed by atoms with E-state index in [4.69, 9.17) is 0 Å². The average molecular weight is 482 g/mol. The highest BCUT2D eigenvalue weighted by atomic mass is 19.1. The summed E-state index contributed by atoms with van der Waals surface area (Å²) < 4.78 is 15.0. The number of benzene rings is 2. The number of nitrogens with zero attached hydrogens (tertiary/aromatic N) is 5. The first-order valence-corrected chi connectivity index (χ1v) is 12.1. The molecule has 36 heavy (non-hydrogen) atoms. The molecule has 1 aliphatic heterocycles. The van der Waals surface area contributed by atoms with Crippen LogP contribution >= 0.6 is 0 Å². The van der Waals surface area contributed by atoms with Gasteiger partial charge >= 0.3 is 0 Å². The molecule has 5 nitrogen and oxygen atoms in total. The zero-order valence-electron chi connectivity index (χ0n) is 21.0. The zero-order chi connectivity index (χ0) is 25.5. The first-order valence-electron chi connectivity index (χ1n) is 12.1. The standard InChI is InChI=1S/C30H32FN5/c1-5-25(35-17-19-36(20-18-35)30-32-15-10-16-33-30)22-34(4)29(27-13-8-9-14-28(27)31)21-24(3)26-12-7-6-11-23(26)2/h6-16,21H,1,3,17-20,22H2,2,4H3/b29-21-. The highest BCUT2D eigenvalue weighted by Gasteiger charge is 2.22. The van der Waals surface area contributed by atoms with Crippen LogP contribution in [0.5, 0.6) is 0 Å². The van der Waals surface area contributed by atoms with Gasteiger partial charge < -0.3 is 14.7 Å². The summed E-state index contributed by atoms with van der Waals surface area (Å²) in [5, 5.41) is 0. The molecule has 0 saturated carbocycles. The topological polar surface area (TPSA) is 35.5 Å². The molecule has 0 spiro atoms. The molecule has 0 aliphatic carbocycles. The molecular weight excluding hydrogens is 449 g/mol. The molecule has 6 heteroatoms. The van der Waals surface area contributed by atoms with E-state index in [-0.39, 0.29) is 5.82 Å². The van der Waals surface area contributed by atoms with E-state index in [1.54, 1.807) is 24.5 Å². The van der Waals surface area contributed by atoms with E-state index in [1.807, 2.05) is 48.4 Å². The van der Waals surface area contributed by atoms with Crippen molar-refractivity contribution in [2.75, 3.05) is 44.7 Å². The number of aromatic nitrogens is 2. The van der Waals surface area contributed by atoms with Gasteiger partial charge in [0.2, 0.25) is 5.95 Å². The van der Waals surface area contributed by atoms with Crippen LogP contribution in [-0.4, -0.2) is 59.5 Å².